The van der Waals surface area contributed by atoms with Gasteiger partial charge in [0.25, 0.3) is 0 Å². The topological polar surface area (TPSA) is 58.1 Å². The Kier molecular flexibility index (Phi) is 6.42. The Hall–Kier alpha value is -3.05. The third-order valence-corrected chi connectivity index (χ3v) is 5.91. The molecule has 0 unspecified atom stereocenters. The summed E-state index contributed by atoms with van der Waals surface area (Å²) in [5.74, 6) is 0.151. The summed E-state index contributed by atoms with van der Waals surface area (Å²) in [6, 6.07) is 18.6. The summed E-state index contributed by atoms with van der Waals surface area (Å²) < 4.78 is 0. The zero-order valence-corrected chi connectivity index (χ0v) is 18.3. The van der Waals surface area contributed by atoms with E-state index in [-0.39, 0.29) is 11.9 Å². The van der Waals surface area contributed by atoms with E-state index in [1.807, 2.05) is 50.5 Å². The fourth-order valence-corrected chi connectivity index (χ4v) is 4.42. The molecule has 1 N–H and O–H groups in total. The number of aromatic nitrogens is 2. The summed E-state index contributed by atoms with van der Waals surface area (Å²) in [6.45, 7) is 6.45. The van der Waals surface area contributed by atoms with Crippen LogP contribution in [0.1, 0.15) is 31.5 Å². The maximum absolute atomic E-state index is 13.4. The first-order valence-electron chi connectivity index (χ1n) is 11.0. The largest absolute Gasteiger partial charge is 0.353 e. The lowest BCUT2D eigenvalue weighted by Crippen LogP contribution is -2.46. The molecule has 3 aromatic rings. The molecular formula is C26H30N4O. The molecule has 0 bridgehead atoms. The molecule has 1 amide bonds. The van der Waals surface area contributed by atoms with E-state index < -0.39 is 5.41 Å². The summed E-state index contributed by atoms with van der Waals surface area (Å²) in [4.78, 5) is 24.4. The summed E-state index contributed by atoms with van der Waals surface area (Å²) >= 11 is 0. The van der Waals surface area contributed by atoms with E-state index in [4.69, 9.17) is 0 Å². The Morgan fingerprint density at radius 3 is 2.71 bits per heavy atom. The van der Waals surface area contributed by atoms with Crippen LogP contribution in [0.5, 0.6) is 0 Å². The van der Waals surface area contributed by atoms with E-state index in [0.29, 0.717) is 0 Å². The van der Waals surface area contributed by atoms with Crippen LogP contribution in [0.15, 0.2) is 73.2 Å². The zero-order valence-electron chi connectivity index (χ0n) is 18.3. The molecule has 3 heterocycles. The van der Waals surface area contributed by atoms with Gasteiger partial charge in [0, 0.05) is 37.7 Å². The monoisotopic (exact) mass is 414 g/mol. The fraction of sp³-hybridized carbons (Fsp3) is 0.346. The molecule has 1 fully saturated rings. The normalized spacial score (nSPS) is 18.9. The van der Waals surface area contributed by atoms with Gasteiger partial charge in [0.2, 0.25) is 5.91 Å². The average Bonchev–Trinajstić information content (AvgIpc) is 3.18. The van der Waals surface area contributed by atoms with Gasteiger partial charge in [-0.2, -0.15) is 0 Å². The number of likely N-dealkylation sites (tertiary alicyclic amines) is 1. The molecule has 2 aromatic heterocycles. The molecule has 0 radical (unpaired) electrons. The highest BCUT2D eigenvalue weighted by atomic mass is 16.2. The molecule has 1 aliphatic heterocycles. The number of pyridine rings is 2. The lowest BCUT2D eigenvalue weighted by Gasteiger charge is -2.30. The van der Waals surface area contributed by atoms with Gasteiger partial charge >= 0.3 is 0 Å². The van der Waals surface area contributed by atoms with Crippen LogP contribution in [-0.4, -0.2) is 39.9 Å². The number of hydrogen-bond donors (Lipinski definition) is 1. The van der Waals surface area contributed by atoms with E-state index in [2.05, 4.69) is 50.5 Å². The third-order valence-electron chi connectivity index (χ3n) is 5.91. The van der Waals surface area contributed by atoms with Crippen molar-refractivity contribution < 1.29 is 4.79 Å². The summed E-state index contributed by atoms with van der Waals surface area (Å²) in [7, 11) is 0. The van der Waals surface area contributed by atoms with Gasteiger partial charge in [0.15, 0.2) is 0 Å². The van der Waals surface area contributed by atoms with Crippen LogP contribution in [0, 0.1) is 5.41 Å². The first kappa shape index (κ1) is 21.2. The van der Waals surface area contributed by atoms with E-state index in [1.165, 1.54) is 5.56 Å². The van der Waals surface area contributed by atoms with Crippen molar-refractivity contribution in [3.05, 3.63) is 84.4 Å². The van der Waals surface area contributed by atoms with Crippen LogP contribution in [0.4, 0.5) is 0 Å². The molecule has 5 nitrogen and oxygen atoms in total. The Balaban J connectivity index is 1.57. The molecule has 0 aliphatic carbocycles. The molecule has 1 aliphatic rings. The van der Waals surface area contributed by atoms with Gasteiger partial charge in [-0.3, -0.25) is 19.7 Å². The second-order valence-electron chi connectivity index (χ2n) is 8.81. The minimum atomic E-state index is -0.438. The third kappa shape index (κ3) is 5.17. The Morgan fingerprint density at radius 2 is 1.97 bits per heavy atom. The molecular weight excluding hydrogens is 384 g/mol. The quantitative estimate of drug-likeness (QED) is 0.632. The molecule has 1 atom stereocenters. The van der Waals surface area contributed by atoms with Gasteiger partial charge in [-0.1, -0.05) is 36.4 Å². The van der Waals surface area contributed by atoms with E-state index in [9.17, 15) is 4.79 Å². The van der Waals surface area contributed by atoms with Crippen molar-refractivity contribution in [2.24, 2.45) is 5.41 Å². The van der Waals surface area contributed by atoms with E-state index in [1.54, 1.807) is 6.20 Å². The van der Waals surface area contributed by atoms with Gasteiger partial charge in [-0.25, -0.2) is 0 Å². The Bertz CT molecular complexity index is 1010. The van der Waals surface area contributed by atoms with Crippen LogP contribution in [0.3, 0.4) is 0 Å². The highest BCUT2D eigenvalue weighted by Crippen LogP contribution is 2.36. The highest BCUT2D eigenvalue weighted by molar-refractivity contribution is 5.84. The predicted octanol–water partition coefficient (Wildman–Crippen LogP) is 4.10. The van der Waals surface area contributed by atoms with E-state index in [0.717, 1.165) is 49.3 Å². The van der Waals surface area contributed by atoms with Crippen LogP contribution in [0.2, 0.25) is 0 Å². The standard InChI is InChI=1S/C26H30N4O/c1-20(2)29-25(31)26(11-14-30(19-26)18-24-10-3-4-13-28-24)16-21-7-5-8-22(15-21)23-9-6-12-27-17-23/h3-10,12-13,15,17,20H,11,14,16,18-19H2,1-2H3,(H,29,31)/t26-/m1/s1. The molecule has 160 valence electrons. The van der Waals surface area contributed by atoms with Gasteiger partial charge in [-0.05, 0) is 68.1 Å². The average molecular weight is 415 g/mol. The van der Waals surface area contributed by atoms with Crippen molar-refractivity contribution in [3.63, 3.8) is 0 Å². The van der Waals surface area contributed by atoms with Gasteiger partial charge < -0.3 is 5.32 Å². The number of amides is 1. The van der Waals surface area contributed by atoms with Gasteiger partial charge in [-0.15, -0.1) is 0 Å². The molecule has 0 spiro atoms. The van der Waals surface area contributed by atoms with Crippen LogP contribution in [-0.2, 0) is 17.8 Å². The summed E-state index contributed by atoms with van der Waals surface area (Å²) in [5.41, 5.74) is 4.01. The summed E-state index contributed by atoms with van der Waals surface area (Å²) in [6.07, 6.45) is 7.06. The van der Waals surface area contributed by atoms with Crippen molar-refractivity contribution in [1.29, 1.82) is 0 Å². The molecule has 1 aromatic carbocycles. The van der Waals surface area contributed by atoms with Gasteiger partial charge in [0.05, 0.1) is 11.1 Å². The number of rotatable bonds is 7. The van der Waals surface area contributed by atoms with Crippen LogP contribution in [0.25, 0.3) is 11.1 Å². The first-order valence-corrected chi connectivity index (χ1v) is 11.0. The number of nitrogens with one attached hydrogen (secondary N) is 1. The lowest BCUT2D eigenvalue weighted by atomic mass is 9.79. The first-order chi connectivity index (χ1) is 15.0. The van der Waals surface area contributed by atoms with Crippen molar-refractivity contribution in [3.8, 4) is 11.1 Å². The van der Waals surface area contributed by atoms with Crippen LogP contribution < -0.4 is 5.32 Å². The molecule has 31 heavy (non-hydrogen) atoms. The minimum Gasteiger partial charge on any atom is -0.353 e. The SMILES string of the molecule is CC(C)NC(=O)[C@@]1(Cc2cccc(-c3cccnc3)c2)CCN(Cc2ccccn2)C1. The number of hydrogen-bond acceptors (Lipinski definition) is 4. The van der Waals surface area contributed by atoms with Crippen molar-refractivity contribution in [1.82, 2.24) is 20.2 Å². The number of nitrogens with zero attached hydrogens (tertiary/aromatic N) is 3. The van der Waals surface area contributed by atoms with Crippen molar-refractivity contribution in [2.75, 3.05) is 13.1 Å². The number of carbonyl (C=O) groups is 1. The molecule has 1 saturated heterocycles. The highest BCUT2D eigenvalue weighted by Gasteiger charge is 2.44. The number of benzene rings is 1. The molecule has 0 saturated carbocycles. The predicted molar refractivity (Wildman–Crippen MR) is 123 cm³/mol. The van der Waals surface area contributed by atoms with Crippen molar-refractivity contribution in [2.45, 2.75) is 39.3 Å². The van der Waals surface area contributed by atoms with Crippen molar-refractivity contribution >= 4 is 5.91 Å². The zero-order chi connectivity index (χ0) is 21.7. The maximum Gasteiger partial charge on any atom is 0.228 e. The maximum atomic E-state index is 13.4. The molecule has 5 heteroatoms. The van der Waals surface area contributed by atoms with Gasteiger partial charge in [0.1, 0.15) is 0 Å². The van der Waals surface area contributed by atoms with Crippen LogP contribution >= 0.6 is 0 Å². The second-order valence-corrected chi connectivity index (χ2v) is 8.81. The lowest BCUT2D eigenvalue weighted by molar-refractivity contribution is -0.131. The smallest absolute Gasteiger partial charge is 0.228 e. The fourth-order valence-electron chi connectivity index (χ4n) is 4.42. The molecule has 4 rings (SSSR count). The summed E-state index contributed by atoms with van der Waals surface area (Å²) in [5, 5.41) is 3.19. The second kappa shape index (κ2) is 9.40. The minimum absolute atomic E-state index is 0.121. The van der Waals surface area contributed by atoms with E-state index >= 15 is 0 Å². The Labute approximate surface area is 184 Å². The number of carbonyl (C=O) groups excluding carboxylic acids is 1. The Morgan fingerprint density at radius 1 is 1.10 bits per heavy atom.